The second-order valence-corrected chi connectivity index (χ2v) is 6.10. The van der Waals surface area contributed by atoms with Crippen molar-refractivity contribution in [1.82, 2.24) is 10.2 Å². The zero-order valence-electron chi connectivity index (χ0n) is 13.2. The molecule has 1 atom stereocenters. The van der Waals surface area contributed by atoms with Crippen molar-refractivity contribution in [2.45, 2.75) is 51.5 Å². The molecule has 0 saturated carbocycles. The summed E-state index contributed by atoms with van der Waals surface area (Å²) in [6.07, 6.45) is 8.26. The van der Waals surface area contributed by atoms with Crippen LogP contribution < -0.4 is 5.32 Å². The van der Waals surface area contributed by atoms with Crippen molar-refractivity contribution in [2.75, 3.05) is 26.7 Å². The second-order valence-electron chi connectivity index (χ2n) is 6.10. The number of nitrogens with zero attached hydrogens (tertiary/aromatic N) is 1. The molecule has 1 aliphatic heterocycles. The van der Waals surface area contributed by atoms with Crippen LogP contribution in [0.3, 0.4) is 0 Å². The second kappa shape index (κ2) is 8.43. The minimum Gasteiger partial charge on any atom is -0.313 e. The van der Waals surface area contributed by atoms with E-state index in [1.807, 2.05) is 0 Å². The van der Waals surface area contributed by atoms with Gasteiger partial charge in [0.25, 0.3) is 0 Å². The van der Waals surface area contributed by atoms with Crippen LogP contribution in [0, 0.1) is 6.92 Å². The van der Waals surface area contributed by atoms with Gasteiger partial charge in [0.2, 0.25) is 0 Å². The first-order chi connectivity index (χ1) is 9.81. The van der Waals surface area contributed by atoms with Crippen LogP contribution in [0.1, 0.15) is 55.7 Å². The molecular weight excluding hydrogens is 244 g/mol. The number of hydrogen-bond acceptors (Lipinski definition) is 2. The average Bonchev–Trinajstić information content (AvgIpc) is 2.43. The fraction of sp³-hybridized carbons (Fsp3) is 0.667. The van der Waals surface area contributed by atoms with Gasteiger partial charge in [0.1, 0.15) is 0 Å². The number of nitrogens with one attached hydrogen (secondary N) is 1. The molecule has 0 bridgehead atoms. The molecule has 1 saturated heterocycles. The highest BCUT2D eigenvalue weighted by Crippen LogP contribution is 2.21. The Bertz CT molecular complexity index is 381. The largest absolute Gasteiger partial charge is 0.313 e. The van der Waals surface area contributed by atoms with Crippen LogP contribution in [-0.2, 0) is 0 Å². The summed E-state index contributed by atoms with van der Waals surface area (Å²) in [5, 5.41) is 3.50. The van der Waals surface area contributed by atoms with Gasteiger partial charge >= 0.3 is 0 Å². The molecule has 0 aliphatic carbocycles. The van der Waals surface area contributed by atoms with E-state index in [-0.39, 0.29) is 0 Å². The summed E-state index contributed by atoms with van der Waals surface area (Å²) in [7, 11) is 2.09. The Labute approximate surface area is 124 Å². The maximum Gasteiger partial charge on any atom is 0.0332 e. The Morgan fingerprint density at radius 3 is 2.35 bits per heavy atom. The van der Waals surface area contributed by atoms with E-state index < -0.39 is 0 Å². The molecule has 1 aromatic carbocycles. The maximum absolute atomic E-state index is 3.50. The molecule has 112 valence electrons. The highest BCUT2D eigenvalue weighted by atomic mass is 15.1. The van der Waals surface area contributed by atoms with Crippen molar-refractivity contribution >= 4 is 0 Å². The lowest BCUT2D eigenvalue weighted by atomic mass is 9.98. The summed E-state index contributed by atoms with van der Waals surface area (Å²) >= 11 is 0. The van der Waals surface area contributed by atoms with Gasteiger partial charge in [-0.05, 0) is 64.0 Å². The first-order valence-corrected chi connectivity index (χ1v) is 8.26. The summed E-state index contributed by atoms with van der Waals surface area (Å²) in [4.78, 5) is 2.67. The number of likely N-dealkylation sites (tertiary alicyclic amines) is 1. The third kappa shape index (κ3) is 4.60. The highest BCUT2D eigenvalue weighted by molar-refractivity contribution is 5.28. The molecule has 0 aromatic heterocycles. The van der Waals surface area contributed by atoms with E-state index in [0.717, 1.165) is 0 Å². The Morgan fingerprint density at radius 1 is 1.05 bits per heavy atom. The van der Waals surface area contributed by atoms with Gasteiger partial charge in [0.15, 0.2) is 0 Å². The van der Waals surface area contributed by atoms with Crippen LogP contribution in [0.2, 0.25) is 0 Å². The Hall–Kier alpha value is -0.860. The first kappa shape index (κ1) is 15.5. The fourth-order valence-electron chi connectivity index (χ4n) is 3.28. The molecule has 1 fully saturated rings. The SMILES string of the molecule is CNC(CCN1CCCCCCC1)c1ccccc1C. The van der Waals surface area contributed by atoms with E-state index in [1.54, 1.807) is 0 Å². The molecule has 2 nitrogen and oxygen atoms in total. The quantitative estimate of drug-likeness (QED) is 0.875. The lowest BCUT2D eigenvalue weighted by Crippen LogP contribution is -2.31. The molecule has 20 heavy (non-hydrogen) atoms. The molecule has 2 rings (SSSR count). The topological polar surface area (TPSA) is 15.3 Å². The Balaban J connectivity index is 1.88. The maximum atomic E-state index is 3.50. The van der Waals surface area contributed by atoms with Crippen molar-refractivity contribution in [1.29, 1.82) is 0 Å². The number of hydrogen-bond donors (Lipinski definition) is 1. The summed E-state index contributed by atoms with van der Waals surface area (Å²) < 4.78 is 0. The fourth-order valence-corrected chi connectivity index (χ4v) is 3.28. The zero-order chi connectivity index (χ0) is 14.2. The molecule has 1 aliphatic rings. The average molecular weight is 274 g/mol. The van der Waals surface area contributed by atoms with Crippen LogP contribution in [0.15, 0.2) is 24.3 Å². The predicted octanol–water partition coefficient (Wildman–Crippen LogP) is 3.91. The molecule has 2 heteroatoms. The van der Waals surface area contributed by atoms with Crippen LogP contribution in [0.5, 0.6) is 0 Å². The first-order valence-electron chi connectivity index (χ1n) is 8.26. The Kier molecular flexibility index (Phi) is 6.55. The predicted molar refractivity (Wildman–Crippen MR) is 87.1 cm³/mol. The van der Waals surface area contributed by atoms with Gasteiger partial charge in [-0.2, -0.15) is 0 Å². The van der Waals surface area contributed by atoms with E-state index in [2.05, 4.69) is 48.5 Å². The molecule has 0 amide bonds. The molecule has 1 heterocycles. The minimum absolute atomic E-state index is 0.488. The lowest BCUT2D eigenvalue weighted by molar-refractivity contribution is 0.235. The summed E-state index contributed by atoms with van der Waals surface area (Å²) in [6.45, 7) is 6.03. The van der Waals surface area contributed by atoms with Gasteiger partial charge in [-0.3, -0.25) is 0 Å². The molecule has 1 N–H and O–H groups in total. The van der Waals surface area contributed by atoms with Crippen molar-refractivity contribution in [3.05, 3.63) is 35.4 Å². The molecular formula is C18H30N2. The number of aryl methyl sites for hydroxylation is 1. The van der Waals surface area contributed by atoms with Gasteiger partial charge in [0.05, 0.1) is 0 Å². The van der Waals surface area contributed by atoms with Crippen molar-refractivity contribution in [3.63, 3.8) is 0 Å². The molecule has 0 spiro atoms. The van der Waals surface area contributed by atoms with Gasteiger partial charge in [-0.15, -0.1) is 0 Å². The zero-order valence-corrected chi connectivity index (χ0v) is 13.2. The van der Waals surface area contributed by atoms with Crippen molar-refractivity contribution in [3.8, 4) is 0 Å². The lowest BCUT2D eigenvalue weighted by Gasteiger charge is -2.27. The molecule has 1 unspecified atom stereocenters. The van der Waals surface area contributed by atoms with Crippen molar-refractivity contribution < 1.29 is 0 Å². The standard InChI is InChI=1S/C18H30N2/c1-16-10-6-7-11-17(16)18(19-2)12-15-20-13-8-4-3-5-9-14-20/h6-7,10-11,18-19H,3-5,8-9,12-15H2,1-2H3. The van der Waals surface area contributed by atoms with Crippen LogP contribution in [0.25, 0.3) is 0 Å². The smallest absolute Gasteiger partial charge is 0.0332 e. The van der Waals surface area contributed by atoms with E-state index in [4.69, 9.17) is 0 Å². The number of benzene rings is 1. The summed E-state index contributed by atoms with van der Waals surface area (Å²) in [5.41, 5.74) is 2.86. The third-order valence-electron chi connectivity index (χ3n) is 4.60. The highest BCUT2D eigenvalue weighted by Gasteiger charge is 2.14. The number of rotatable bonds is 5. The molecule has 1 aromatic rings. The van der Waals surface area contributed by atoms with Crippen LogP contribution >= 0.6 is 0 Å². The van der Waals surface area contributed by atoms with Gasteiger partial charge in [-0.1, -0.05) is 43.5 Å². The third-order valence-corrected chi connectivity index (χ3v) is 4.60. The van der Waals surface area contributed by atoms with E-state index in [1.165, 1.54) is 69.3 Å². The van der Waals surface area contributed by atoms with E-state index in [9.17, 15) is 0 Å². The summed E-state index contributed by atoms with van der Waals surface area (Å²) in [5.74, 6) is 0. The molecule has 0 radical (unpaired) electrons. The Morgan fingerprint density at radius 2 is 1.70 bits per heavy atom. The van der Waals surface area contributed by atoms with Crippen LogP contribution in [0.4, 0.5) is 0 Å². The summed E-state index contributed by atoms with van der Waals surface area (Å²) in [6, 6.07) is 9.26. The van der Waals surface area contributed by atoms with Gasteiger partial charge < -0.3 is 10.2 Å². The monoisotopic (exact) mass is 274 g/mol. The van der Waals surface area contributed by atoms with E-state index >= 15 is 0 Å². The minimum atomic E-state index is 0.488. The van der Waals surface area contributed by atoms with Crippen molar-refractivity contribution in [2.24, 2.45) is 0 Å². The van der Waals surface area contributed by atoms with Gasteiger partial charge in [-0.25, -0.2) is 0 Å². The van der Waals surface area contributed by atoms with E-state index in [0.29, 0.717) is 6.04 Å². The normalized spacial score (nSPS) is 19.3. The van der Waals surface area contributed by atoms with Gasteiger partial charge in [0, 0.05) is 6.04 Å². The van der Waals surface area contributed by atoms with Crippen LogP contribution in [-0.4, -0.2) is 31.6 Å².